The Balaban J connectivity index is 2.60. The molecule has 0 spiro atoms. The van der Waals surface area contributed by atoms with Crippen molar-refractivity contribution in [3.8, 4) is 0 Å². The predicted octanol–water partition coefficient (Wildman–Crippen LogP) is 2.57. The van der Waals surface area contributed by atoms with Crippen LogP contribution in [0.25, 0.3) is 0 Å². The summed E-state index contributed by atoms with van der Waals surface area (Å²) in [7, 11) is -3.93. The molecule has 0 amide bonds. The Morgan fingerprint density at radius 2 is 2.15 bits per heavy atom. The molecular formula is C7H8ClO3PS. The second kappa shape index (κ2) is 4.49. The van der Waals surface area contributed by atoms with Crippen LogP contribution < -0.4 is 0 Å². The zero-order chi connectivity index (χ0) is 9.90. The zero-order valence-electron chi connectivity index (χ0n) is 6.55. The average Bonchev–Trinajstić information content (AvgIpc) is 2.00. The van der Waals surface area contributed by atoms with E-state index < -0.39 is 7.60 Å². The van der Waals surface area contributed by atoms with E-state index in [-0.39, 0.29) is 5.49 Å². The first-order valence-electron chi connectivity index (χ1n) is 3.40. The highest BCUT2D eigenvalue weighted by atomic mass is 35.5. The van der Waals surface area contributed by atoms with Gasteiger partial charge in [0.15, 0.2) is 0 Å². The van der Waals surface area contributed by atoms with Crippen LogP contribution in [0.5, 0.6) is 0 Å². The predicted molar refractivity (Wildman–Crippen MR) is 54.2 cm³/mol. The van der Waals surface area contributed by atoms with Gasteiger partial charge in [0, 0.05) is 9.92 Å². The van der Waals surface area contributed by atoms with Gasteiger partial charge in [-0.1, -0.05) is 17.7 Å². The number of rotatable bonds is 3. The Morgan fingerprint density at radius 3 is 2.69 bits per heavy atom. The Hall–Kier alpha value is 0.01000. The van der Waals surface area contributed by atoms with Crippen LogP contribution in [-0.4, -0.2) is 15.3 Å². The highest BCUT2D eigenvalue weighted by molar-refractivity contribution is 8.04. The lowest BCUT2D eigenvalue weighted by Crippen LogP contribution is -1.81. The third kappa shape index (κ3) is 4.69. The number of hydrogen-bond donors (Lipinski definition) is 2. The molecule has 0 atom stereocenters. The van der Waals surface area contributed by atoms with Crippen LogP contribution in [-0.2, 0) is 4.57 Å². The molecule has 72 valence electrons. The summed E-state index contributed by atoms with van der Waals surface area (Å²) >= 11 is 6.78. The van der Waals surface area contributed by atoms with E-state index in [1.807, 2.05) is 0 Å². The van der Waals surface area contributed by atoms with E-state index >= 15 is 0 Å². The molecule has 0 unspecified atom stereocenters. The highest BCUT2D eigenvalue weighted by Gasteiger charge is 2.12. The van der Waals surface area contributed by atoms with Crippen molar-refractivity contribution >= 4 is 31.0 Å². The molecule has 1 rings (SSSR count). The van der Waals surface area contributed by atoms with Crippen molar-refractivity contribution in [1.29, 1.82) is 0 Å². The average molecular weight is 239 g/mol. The molecule has 0 aliphatic heterocycles. The van der Waals surface area contributed by atoms with E-state index in [1.165, 1.54) is 0 Å². The summed E-state index contributed by atoms with van der Waals surface area (Å²) in [5.74, 6) is 0. The molecule has 1 aromatic rings. The van der Waals surface area contributed by atoms with Crippen LogP contribution in [0.4, 0.5) is 0 Å². The molecule has 0 aliphatic rings. The van der Waals surface area contributed by atoms with Crippen molar-refractivity contribution < 1.29 is 14.4 Å². The van der Waals surface area contributed by atoms with Gasteiger partial charge in [-0.2, -0.15) is 0 Å². The van der Waals surface area contributed by atoms with Crippen LogP contribution in [0.3, 0.4) is 0 Å². The maximum absolute atomic E-state index is 10.5. The fourth-order valence-corrected chi connectivity index (χ4v) is 2.62. The van der Waals surface area contributed by atoms with Crippen LogP contribution in [0, 0.1) is 0 Å². The Bertz CT molecular complexity index is 338. The van der Waals surface area contributed by atoms with Gasteiger partial charge in [0.1, 0.15) is 5.49 Å². The minimum absolute atomic E-state index is 0.215. The maximum Gasteiger partial charge on any atom is 0.335 e. The molecule has 0 fully saturated rings. The third-order valence-corrected chi connectivity index (χ3v) is 3.88. The summed E-state index contributed by atoms with van der Waals surface area (Å²) in [4.78, 5) is 18.0. The van der Waals surface area contributed by atoms with Gasteiger partial charge in [0.2, 0.25) is 0 Å². The quantitative estimate of drug-likeness (QED) is 0.628. The second-order valence-corrected chi connectivity index (χ2v) is 5.95. The molecule has 0 radical (unpaired) electrons. The van der Waals surface area contributed by atoms with Gasteiger partial charge in [0.25, 0.3) is 0 Å². The number of thioether (sulfide) groups is 1. The molecule has 3 nitrogen and oxygen atoms in total. The number of benzene rings is 1. The molecule has 0 aliphatic carbocycles. The Morgan fingerprint density at radius 1 is 1.46 bits per heavy atom. The summed E-state index contributed by atoms with van der Waals surface area (Å²) in [6, 6.07) is 6.88. The van der Waals surface area contributed by atoms with Gasteiger partial charge in [-0.25, -0.2) is 0 Å². The summed E-state index contributed by atoms with van der Waals surface area (Å²) in [6.07, 6.45) is 0. The van der Waals surface area contributed by atoms with Gasteiger partial charge in [-0.15, -0.1) is 11.8 Å². The summed E-state index contributed by atoms with van der Waals surface area (Å²) in [5.41, 5.74) is -0.215. The van der Waals surface area contributed by atoms with Crippen LogP contribution in [0.1, 0.15) is 0 Å². The lowest BCUT2D eigenvalue weighted by atomic mass is 10.4. The lowest BCUT2D eigenvalue weighted by Gasteiger charge is -2.03. The first-order valence-corrected chi connectivity index (χ1v) is 6.56. The fraction of sp³-hybridized carbons (Fsp3) is 0.143. The van der Waals surface area contributed by atoms with Crippen molar-refractivity contribution in [2.75, 3.05) is 5.49 Å². The molecule has 0 heterocycles. The van der Waals surface area contributed by atoms with Gasteiger partial charge in [-0.05, 0) is 18.2 Å². The molecule has 0 saturated heterocycles. The maximum atomic E-state index is 10.5. The van der Waals surface area contributed by atoms with Gasteiger partial charge >= 0.3 is 7.60 Å². The topological polar surface area (TPSA) is 57.5 Å². The van der Waals surface area contributed by atoms with Crippen molar-refractivity contribution in [3.05, 3.63) is 29.3 Å². The SMILES string of the molecule is O=P(O)(O)CSc1cccc(Cl)c1. The standard InChI is InChI=1S/C7H8ClO3PS/c8-6-2-1-3-7(4-6)13-5-12(9,10)11/h1-4H,5H2,(H2,9,10,11). The normalized spacial score (nSPS) is 11.6. The number of hydrogen-bond acceptors (Lipinski definition) is 2. The Kier molecular flexibility index (Phi) is 3.83. The molecule has 6 heteroatoms. The molecule has 1 aromatic carbocycles. The first-order chi connectivity index (χ1) is 5.97. The summed E-state index contributed by atoms with van der Waals surface area (Å²) in [5, 5.41) is 0.565. The van der Waals surface area contributed by atoms with E-state index in [0.717, 1.165) is 16.7 Å². The van der Waals surface area contributed by atoms with Crippen molar-refractivity contribution in [2.24, 2.45) is 0 Å². The van der Waals surface area contributed by atoms with E-state index in [2.05, 4.69) is 0 Å². The van der Waals surface area contributed by atoms with Gasteiger partial charge in [0.05, 0.1) is 0 Å². The summed E-state index contributed by atoms with van der Waals surface area (Å²) < 4.78 is 10.5. The first kappa shape index (κ1) is 11.1. The van der Waals surface area contributed by atoms with Crippen molar-refractivity contribution in [3.63, 3.8) is 0 Å². The van der Waals surface area contributed by atoms with Gasteiger partial charge < -0.3 is 9.79 Å². The van der Waals surface area contributed by atoms with Crippen LogP contribution in [0.15, 0.2) is 29.2 Å². The number of halogens is 1. The molecule has 0 saturated carbocycles. The van der Waals surface area contributed by atoms with E-state index in [4.69, 9.17) is 21.4 Å². The van der Waals surface area contributed by atoms with Crippen molar-refractivity contribution in [2.45, 2.75) is 4.90 Å². The van der Waals surface area contributed by atoms with Gasteiger partial charge in [-0.3, -0.25) is 4.57 Å². The third-order valence-electron chi connectivity index (χ3n) is 1.20. The molecule has 13 heavy (non-hydrogen) atoms. The van der Waals surface area contributed by atoms with Crippen molar-refractivity contribution in [1.82, 2.24) is 0 Å². The minimum Gasteiger partial charge on any atom is -0.324 e. The van der Waals surface area contributed by atoms with E-state index in [1.54, 1.807) is 24.3 Å². The fourth-order valence-electron chi connectivity index (χ4n) is 0.715. The summed E-state index contributed by atoms with van der Waals surface area (Å²) in [6.45, 7) is 0. The molecule has 2 N–H and O–H groups in total. The van der Waals surface area contributed by atoms with E-state index in [9.17, 15) is 4.57 Å². The largest absolute Gasteiger partial charge is 0.335 e. The Labute approximate surface area is 85.3 Å². The molecule has 0 aromatic heterocycles. The monoisotopic (exact) mass is 238 g/mol. The lowest BCUT2D eigenvalue weighted by molar-refractivity contribution is 0.379. The second-order valence-electron chi connectivity index (χ2n) is 2.40. The van der Waals surface area contributed by atoms with E-state index in [0.29, 0.717) is 5.02 Å². The smallest absolute Gasteiger partial charge is 0.324 e. The zero-order valence-corrected chi connectivity index (χ0v) is 9.02. The molecule has 0 bridgehead atoms. The van der Waals surface area contributed by atoms with Crippen LogP contribution in [0.2, 0.25) is 5.02 Å². The molecular weight excluding hydrogens is 231 g/mol. The van der Waals surface area contributed by atoms with Crippen LogP contribution >= 0.6 is 31.0 Å². The minimum atomic E-state index is -3.93. The highest BCUT2D eigenvalue weighted by Crippen LogP contribution is 2.41.